The van der Waals surface area contributed by atoms with Gasteiger partial charge in [0.15, 0.2) is 0 Å². The van der Waals surface area contributed by atoms with Crippen LogP contribution in [0.1, 0.15) is 37.3 Å². The summed E-state index contributed by atoms with van der Waals surface area (Å²) in [6.45, 7) is 4.14. The van der Waals surface area contributed by atoms with E-state index in [4.69, 9.17) is 0 Å². The molecule has 0 unspecified atom stereocenters. The third-order valence-corrected chi connectivity index (χ3v) is 4.81. The van der Waals surface area contributed by atoms with Gasteiger partial charge in [-0.3, -0.25) is 4.79 Å². The molecule has 4 heteroatoms. The first-order valence-corrected chi connectivity index (χ1v) is 8.85. The van der Waals surface area contributed by atoms with Crippen LogP contribution < -0.4 is 10.9 Å². The topological polar surface area (TPSA) is 57.8 Å². The first-order chi connectivity index (χ1) is 12.6. The molecule has 130 valence electrons. The van der Waals surface area contributed by atoms with Gasteiger partial charge in [-0.05, 0) is 48.4 Å². The Labute approximate surface area is 151 Å². The predicted octanol–water partition coefficient (Wildman–Crippen LogP) is 4.49. The van der Waals surface area contributed by atoms with Gasteiger partial charge in [0.1, 0.15) is 5.82 Å². The number of nitrogens with zero attached hydrogens (tertiary/aromatic N) is 1. The van der Waals surface area contributed by atoms with Gasteiger partial charge in [-0.25, -0.2) is 4.98 Å². The first kappa shape index (κ1) is 16.5. The number of H-pyrrole nitrogens is 1. The summed E-state index contributed by atoms with van der Waals surface area (Å²) >= 11 is 0. The van der Waals surface area contributed by atoms with Crippen LogP contribution in [0.25, 0.3) is 21.7 Å². The van der Waals surface area contributed by atoms with Crippen molar-refractivity contribution in [3.63, 3.8) is 0 Å². The van der Waals surface area contributed by atoms with Crippen LogP contribution in [0.5, 0.6) is 0 Å². The molecule has 0 saturated carbocycles. The third kappa shape index (κ3) is 3.11. The molecule has 0 aliphatic rings. The molecule has 0 fully saturated rings. The fourth-order valence-corrected chi connectivity index (χ4v) is 3.34. The van der Waals surface area contributed by atoms with Crippen molar-refractivity contribution < 1.29 is 0 Å². The Morgan fingerprint density at radius 1 is 0.885 bits per heavy atom. The average molecular weight is 343 g/mol. The molecule has 0 amide bonds. The molecule has 0 saturated heterocycles. The van der Waals surface area contributed by atoms with E-state index >= 15 is 0 Å². The van der Waals surface area contributed by atoms with Gasteiger partial charge < -0.3 is 10.3 Å². The lowest BCUT2D eigenvalue weighted by atomic mass is 10.0. The zero-order valence-corrected chi connectivity index (χ0v) is 14.9. The Kier molecular flexibility index (Phi) is 4.27. The lowest BCUT2D eigenvalue weighted by molar-refractivity contribution is 0.477. The Bertz CT molecular complexity index is 1130. The van der Waals surface area contributed by atoms with Crippen LogP contribution in [0.4, 0.5) is 0 Å². The number of nitrogens with one attached hydrogen (secondary N) is 2. The minimum atomic E-state index is -0.0994. The van der Waals surface area contributed by atoms with Gasteiger partial charge in [0.2, 0.25) is 0 Å². The van der Waals surface area contributed by atoms with E-state index in [1.165, 1.54) is 16.3 Å². The van der Waals surface area contributed by atoms with Crippen LogP contribution in [-0.4, -0.2) is 9.97 Å². The molecular weight excluding hydrogens is 322 g/mol. The third-order valence-electron chi connectivity index (χ3n) is 4.81. The van der Waals surface area contributed by atoms with Crippen molar-refractivity contribution in [2.24, 2.45) is 0 Å². The molecule has 0 aliphatic heterocycles. The maximum atomic E-state index is 12.3. The van der Waals surface area contributed by atoms with Crippen molar-refractivity contribution in [3.05, 3.63) is 88.5 Å². The Hall–Kier alpha value is -2.98. The van der Waals surface area contributed by atoms with Crippen LogP contribution in [0.2, 0.25) is 0 Å². The quantitative estimate of drug-likeness (QED) is 0.574. The van der Waals surface area contributed by atoms with E-state index < -0.39 is 0 Å². The van der Waals surface area contributed by atoms with Crippen LogP contribution >= 0.6 is 0 Å². The number of rotatable bonds is 4. The van der Waals surface area contributed by atoms with Crippen LogP contribution in [-0.2, 0) is 0 Å². The van der Waals surface area contributed by atoms with E-state index in [9.17, 15) is 4.79 Å². The van der Waals surface area contributed by atoms with E-state index in [2.05, 4.69) is 58.6 Å². The second-order valence-corrected chi connectivity index (χ2v) is 6.68. The van der Waals surface area contributed by atoms with Crippen molar-refractivity contribution in [1.29, 1.82) is 0 Å². The number of fused-ring (bicyclic) bond motifs is 2. The summed E-state index contributed by atoms with van der Waals surface area (Å²) in [4.78, 5) is 19.8. The molecular formula is C22H21N3O. The van der Waals surface area contributed by atoms with Gasteiger partial charge in [0.25, 0.3) is 5.56 Å². The monoisotopic (exact) mass is 343 g/mol. The number of hydrogen-bond donors (Lipinski definition) is 2. The second kappa shape index (κ2) is 6.73. The molecule has 0 spiro atoms. The molecule has 4 rings (SSSR count). The normalized spacial score (nSPS) is 13.8. The summed E-state index contributed by atoms with van der Waals surface area (Å²) in [5.74, 6) is 0.654. The Morgan fingerprint density at radius 3 is 2.46 bits per heavy atom. The summed E-state index contributed by atoms with van der Waals surface area (Å²) < 4.78 is 0. The van der Waals surface area contributed by atoms with Gasteiger partial charge in [-0.2, -0.15) is 0 Å². The lowest BCUT2D eigenvalue weighted by Gasteiger charge is -2.20. The first-order valence-electron chi connectivity index (χ1n) is 8.85. The molecule has 4 aromatic rings. The van der Waals surface area contributed by atoms with Gasteiger partial charge in [0, 0.05) is 6.04 Å². The molecule has 1 aromatic heterocycles. The number of aromatic amines is 1. The summed E-state index contributed by atoms with van der Waals surface area (Å²) in [6.07, 6.45) is 0. The summed E-state index contributed by atoms with van der Waals surface area (Å²) in [5, 5.41) is 6.61. The van der Waals surface area contributed by atoms with E-state index in [1.54, 1.807) is 6.07 Å². The van der Waals surface area contributed by atoms with Gasteiger partial charge >= 0.3 is 0 Å². The highest BCUT2D eigenvalue weighted by atomic mass is 16.1. The molecule has 3 aromatic carbocycles. The highest BCUT2D eigenvalue weighted by Gasteiger charge is 2.14. The molecule has 1 heterocycles. The molecule has 2 atom stereocenters. The Morgan fingerprint density at radius 2 is 1.62 bits per heavy atom. The van der Waals surface area contributed by atoms with Crippen molar-refractivity contribution in [1.82, 2.24) is 15.3 Å². The summed E-state index contributed by atoms with van der Waals surface area (Å²) in [6, 6.07) is 22.3. The number of hydrogen-bond acceptors (Lipinski definition) is 3. The summed E-state index contributed by atoms with van der Waals surface area (Å²) in [7, 11) is 0. The maximum absolute atomic E-state index is 12.3. The number of para-hydroxylation sites is 1. The standard InChI is InChI=1S/C22H21N3O/c1-14(17-12-11-16-7-3-4-8-18(16)13-17)23-15(2)21-24-20-10-6-5-9-19(20)22(26)25-21/h3-15,23H,1-2H3,(H,24,25,26)/t14-,15+/m0/s1. The number of aromatic nitrogens is 2. The largest absolute Gasteiger partial charge is 0.309 e. The molecule has 26 heavy (non-hydrogen) atoms. The predicted molar refractivity (Wildman–Crippen MR) is 106 cm³/mol. The minimum Gasteiger partial charge on any atom is -0.309 e. The molecule has 4 nitrogen and oxygen atoms in total. The lowest BCUT2D eigenvalue weighted by Crippen LogP contribution is -2.26. The zero-order valence-electron chi connectivity index (χ0n) is 14.9. The SMILES string of the molecule is C[C@H](N[C@H](C)c1nc2ccccc2c(=O)[nH]1)c1ccc2ccccc2c1. The highest BCUT2D eigenvalue weighted by molar-refractivity contribution is 5.83. The van der Waals surface area contributed by atoms with Gasteiger partial charge in [-0.1, -0.05) is 48.5 Å². The molecule has 0 aliphatic carbocycles. The molecule has 0 radical (unpaired) electrons. The van der Waals surface area contributed by atoms with Crippen LogP contribution in [0, 0.1) is 0 Å². The van der Waals surface area contributed by atoms with Crippen LogP contribution in [0.3, 0.4) is 0 Å². The number of benzene rings is 3. The smallest absolute Gasteiger partial charge is 0.258 e. The fraction of sp³-hybridized carbons (Fsp3) is 0.182. The average Bonchev–Trinajstić information content (AvgIpc) is 2.67. The van der Waals surface area contributed by atoms with Crippen molar-refractivity contribution >= 4 is 21.7 Å². The van der Waals surface area contributed by atoms with Gasteiger partial charge in [0.05, 0.1) is 16.9 Å². The Balaban J connectivity index is 1.60. The molecule has 2 N–H and O–H groups in total. The fourth-order valence-electron chi connectivity index (χ4n) is 3.34. The van der Waals surface area contributed by atoms with E-state index in [1.807, 2.05) is 31.2 Å². The van der Waals surface area contributed by atoms with Crippen molar-refractivity contribution in [2.75, 3.05) is 0 Å². The van der Waals surface area contributed by atoms with E-state index in [-0.39, 0.29) is 17.6 Å². The second-order valence-electron chi connectivity index (χ2n) is 6.68. The zero-order chi connectivity index (χ0) is 18.1. The molecule has 0 bridgehead atoms. The summed E-state index contributed by atoms with van der Waals surface area (Å²) in [5.41, 5.74) is 1.83. The minimum absolute atomic E-state index is 0.0752. The van der Waals surface area contributed by atoms with Gasteiger partial charge in [-0.15, -0.1) is 0 Å². The van der Waals surface area contributed by atoms with Crippen molar-refractivity contribution in [2.45, 2.75) is 25.9 Å². The highest BCUT2D eigenvalue weighted by Crippen LogP contribution is 2.22. The van der Waals surface area contributed by atoms with Crippen molar-refractivity contribution in [3.8, 4) is 0 Å². The van der Waals surface area contributed by atoms with E-state index in [0.717, 1.165) is 5.52 Å². The van der Waals surface area contributed by atoms with Crippen LogP contribution in [0.15, 0.2) is 71.5 Å². The maximum Gasteiger partial charge on any atom is 0.258 e. The van der Waals surface area contributed by atoms with E-state index in [0.29, 0.717) is 11.2 Å².